The Morgan fingerprint density at radius 3 is 1.50 bits per heavy atom. The summed E-state index contributed by atoms with van der Waals surface area (Å²) in [7, 11) is 3.41. The van der Waals surface area contributed by atoms with E-state index in [0.717, 1.165) is 24.3 Å². The van der Waals surface area contributed by atoms with Crippen LogP contribution in [0.1, 0.15) is 11.1 Å². The van der Waals surface area contributed by atoms with Crippen LogP contribution >= 0.6 is 0 Å². The summed E-state index contributed by atoms with van der Waals surface area (Å²) in [6.45, 7) is 0. The molecule has 2 aromatic carbocycles. The van der Waals surface area contributed by atoms with E-state index in [1.807, 2.05) is 36.4 Å². The summed E-state index contributed by atoms with van der Waals surface area (Å²) in [4.78, 5) is 0. The predicted octanol–water partition coefficient (Wildman–Crippen LogP) is 4.05. The highest BCUT2D eigenvalue weighted by atomic mass is 16.5. The van der Waals surface area contributed by atoms with Gasteiger partial charge in [0.25, 0.3) is 0 Å². The van der Waals surface area contributed by atoms with Gasteiger partial charge in [0.15, 0.2) is 0 Å². The Morgan fingerprint density at radius 2 is 1.10 bits per heavy atom. The van der Waals surface area contributed by atoms with Crippen LogP contribution in [0.15, 0.2) is 60.7 Å². The SMILES string of the molecule is COc1ccccc1CC=CCc1ccccc1OC. The fraction of sp³-hybridized carbons (Fsp3) is 0.222. The second kappa shape index (κ2) is 7.39. The summed E-state index contributed by atoms with van der Waals surface area (Å²) in [6.07, 6.45) is 6.09. The third-order valence-corrected chi connectivity index (χ3v) is 3.23. The van der Waals surface area contributed by atoms with Crippen molar-refractivity contribution in [2.45, 2.75) is 12.8 Å². The maximum atomic E-state index is 5.34. The highest BCUT2D eigenvalue weighted by Crippen LogP contribution is 2.20. The van der Waals surface area contributed by atoms with Crippen LogP contribution in [0.3, 0.4) is 0 Å². The molecule has 0 fully saturated rings. The molecule has 0 spiro atoms. The van der Waals surface area contributed by atoms with Crippen LogP contribution in [0, 0.1) is 0 Å². The zero-order valence-corrected chi connectivity index (χ0v) is 12.0. The molecule has 0 aliphatic rings. The lowest BCUT2D eigenvalue weighted by molar-refractivity contribution is 0.410. The largest absolute Gasteiger partial charge is 0.496 e. The first kappa shape index (κ1) is 14.2. The summed E-state index contributed by atoms with van der Waals surface area (Å²) in [5.41, 5.74) is 2.40. The molecule has 0 aromatic heterocycles. The van der Waals surface area contributed by atoms with Crippen LogP contribution in [-0.4, -0.2) is 14.2 Å². The second-order valence-electron chi connectivity index (χ2n) is 4.50. The summed E-state index contributed by atoms with van der Waals surface area (Å²) in [5, 5.41) is 0. The van der Waals surface area contributed by atoms with E-state index >= 15 is 0 Å². The molecular weight excluding hydrogens is 248 g/mol. The molecule has 0 atom stereocenters. The number of hydrogen-bond donors (Lipinski definition) is 0. The number of hydrogen-bond acceptors (Lipinski definition) is 2. The Morgan fingerprint density at radius 1 is 0.700 bits per heavy atom. The number of allylic oxidation sites excluding steroid dienone is 2. The Hall–Kier alpha value is -2.22. The summed E-state index contributed by atoms with van der Waals surface area (Å²) >= 11 is 0. The van der Waals surface area contributed by atoms with Crippen LogP contribution in [0.2, 0.25) is 0 Å². The molecule has 0 aliphatic heterocycles. The Balaban J connectivity index is 1.97. The molecule has 0 unspecified atom stereocenters. The lowest BCUT2D eigenvalue weighted by Crippen LogP contribution is -1.91. The van der Waals surface area contributed by atoms with Gasteiger partial charge in [-0.2, -0.15) is 0 Å². The number of rotatable bonds is 6. The van der Waals surface area contributed by atoms with Crippen molar-refractivity contribution in [2.75, 3.05) is 14.2 Å². The predicted molar refractivity (Wildman–Crippen MR) is 82.5 cm³/mol. The van der Waals surface area contributed by atoms with E-state index in [0.29, 0.717) is 0 Å². The zero-order chi connectivity index (χ0) is 14.2. The summed E-state index contributed by atoms with van der Waals surface area (Å²) < 4.78 is 10.7. The molecule has 0 heterocycles. The summed E-state index contributed by atoms with van der Waals surface area (Å²) in [6, 6.07) is 16.2. The van der Waals surface area contributed by atoms with Crippen LogP contribution < -0.4 is 9.47 Å². The fourth-order valence-electron chi connectivity index (χ4n) is 2.16. The third-order valence-electron chi connectivity index (χ3n) is 3.23. The number of ether oxygens (including phenoxy) is 2. The van der Waals surface area contributed by atoms with Gasteiger partial charge in [-0.25, -0.2) is 0 Å². The van der Waals surface area contributed by atoms with Gasteiger partial charge in [0.2, 0.25) is 0 Å². The molecule has 20 heavy (non-hydrogen) atoms. The lowest BCUT2D eigenvalue weighted by atomic mass is 10.1. The van der Waals surface area contributed by atoms with Crippen molar-refractivity contribution in [3.8, 4) is 11.5 Å². The molecule has 0 N–H and O–H groups in total. The number of methoxy groups -OCH3 is 2. The standard InChI is InChI=1S/C18H20O2/c1-19-17-13-7-5-11-15(17)9-3-4-10-16-12-6-8-14-18(16)20-2/h3-8,11-14H,9-10H2,1-2H3. The van der Waals surface area contributed by atoms with Crippen molar-refractivity contribution < 1.29 is 9.47 Å². The molecule has 0 aliphatic carbocycles. The van der Waals surface area contributed by atoms with Crippen LogP contribution in [0.4, 0.5) is 0 Å². The second-order valence-corrected chi connectivity index (χ2v) is 4.50. The van der Waals surface area contributed by atoms with Gasteiger partial charge in [0.1, 0.15) is 11.5 Å². The van der Waals surface area contributed by atoms with E-state index < -0.39 is 0 Å². The highest BCUT2D eigenvalue weighted by molar-refractivity contribution is 5.36. The average Bonchev–Trinajstić information content (AvgIpc) is 2.52. The molecular formula is C18H20O2. The molecule has 2 aromatic rings. The topological polar surface area (TPSA) is 18.5 Å². The van der Waals surface area contributed by atoms with Gasteiger partial charge < -0.3 is 9.47 Å². The maximum absolute atomic E-state index is 5.34. The molecule has 0 saturated carbocycles. The molecule has 2 nitrogen and oxygen atoms in total. The van der Waals surface area contributed by atoms with Gasteiger partial charge in [0.05, 0.1) is 14.2 Å². The minimum atomic E-state index is 0.874. The lowest BCUT2D eigenvalue weighted by Gasteiger charge is -2.06. The van der Waals surface area contributed by atoms with Crippen LogP contribution in [0.25, 0.3) is 0 Å². The van der Waals surface area contributed by atoms with Crippen molar-refractivity contribution in [1.29, 1.82) is 0 Å². The van der Waals surface area contributed by atoms with E-state index in [1.165, 1.54) is 11.1 Å². The minimum absolute atomic E-state index is 0.874. The first-order valence-electron chi connectivity index (χ1n) is 6.74. The Bertz CT molecular complexity index is 522. The van der Waals surface area contributed by atoms with E-state index in [1.54, 1.807) is 14.2 Å². The highest BCUT2D eigenvalue weighted by Gasteiger charge is 2.00. The molecule has 0 amide bonds. The van der Waals surface area contributed by atoms with Gasteiger partial charge in [0, 0.05) is 0 Å². The van der Waals surface area contributed by atoms with Gasteiger partial charge in [-0.15, -0.1) is 0 Å². The average molecular weight is 268 g/mol. The number of para-hydroxylation sites is 2. The van der Waals surface area contributed by atoms with Crippen molar-refractivity contribution in [3.63, 3.8) is 0 Å². The van der Waals surface area contributed by atoms with Gasteiger partial charge in [-0.3, -0.25) is 0 Å². The normalized spacial score (nSPS) is 10.7. The van der Waals surface area contributed by atoms with Gasteiger partial charge >= 0.3 is 0 Å². The summed E-state index contributed by atoms with van der Waals surface area (Å²) in [5.74, 6) is 1.88. The quantitative estimate of drug-likeness (QED) is 0.736. The van der Waals surface area contributed by atoms with E-state index in [-0.39, 0.29) is 0 Å². The van der Waals surface area contributed by atoms with Crippen molar-refractivity contribution >= 4 is 0 Å². The molecule has 104 valence electrons. The zero-order valence-electron chi connectivity index (χ0n) is 12.0. The molecule has 2 heteroatoms. The first-order chi connectivity index (χ1) is 9.85. The Labute approximate surface area is 120 Å². The van der Waals surface area contributed by atoms with E-state index in [9.17, 15) is 0 Å². The van der Waals surface area contributed by atoms with E-state index in [4.69, 9.17) is 9.47 Å². The van der Waals surface area contributed by atoms with Crippen LogP contribution in [0.5, 0.6) is 11.5 Å². The smallest absolute Gasteiger partial charge is 0.122 e. The minimum Gasteiger partial charge on any atom is -0.496 e. The van der Waals surface area contributed by atoms with E-state index in [2.05, 4.69) is 24.3 Å². The number of benzene rings is 2. The fourth-order valence-corrected chi connectivity index (χ4v) is 2.16. The van der Waals surface area contributed by atoms with Crippen molar-refractivity contribution in [1.82, 2.24) is 0 Å². The van der Waals surface area contributed by atoms with Gasteiger partial charge in [-0.05, 0) is 36.1 Å². The molecule has 0 radical (unpaired) electrons. The van der Waals surface area contributed by atoms with Crippen LogP contribution in [-0.2, 0) is 12.8 Å². The Kier molecular flexibility index (Phi) is 5.24. The maximum Gasteiger partial charge on any atom is 0.122 e. The molecule has 2 rings (SSSR count). The first-order valence-corrected chi connectivity index (χ1v) is 6.74. The third kappa shape index (κ3) is 3.64. The van der Waals surface area contributed by atoms with Gasteiger partial charge in [-0.1, -0.05) is 48.6 Å². The molecule has 0 saturated heterocycles. The van der Waals surface area contributed by atoms with Crippen molar-refractivity contribution in [2.24, 2.45) is 0 Å². The van der Waals surface area contributed by atoms with Crippen molar-refractivity contribution in [3.05, 3.63) is 71.8 Å². The monoisotopic (exact) mass is 268 g/mol. The molecule has 0 bridgehead atoms.